The molecule has 2 rings (SSSR count). The van der Waals surface area contributed by atoms with Crippen molar-refractivity contribution in [3.63, 3.8) is 0 Å². The molecule has 2 amide bonds. The number of cyclic esters (lactones) is 1. The first-order chi connectivity index (χ1) is 10.4. The Morgan fingerprint density at radius 1 is 1.32 bits per heavy atom. The number of benzene rings is 1. The molecule has 0 bridgehead atoms. The Hall–Kier alpha value is -2.09. The molecule has 8 heteroatoms. The Balaban J connectivity index is 1.94. The molecule has 0 spiro atoms. The average molecular weight is 317 g/mol. The van der Waals surface area contributed by atoms with E-state index in [4.69, 9.17) is 4.74 Å². The number of alkyl halides is 3. The Morgan fingerprint density at radius 2 is 2.00 bits per heavy atom. The lowest BCUT2D eigenvalue weighted by Gasteiger charge is -2.19. The maximum Gasteiger partial charge on any atom is 0.417 e. The number of hydrogen-bond donors (Lipinski definition) is 0. The summed E-state index contributed by atoms with van der Waals surface area (Å²) in [6.45, 7) is -2.34. The Kier molecular flexibility index (Phi) is 5.02. The van der Waals surface area contributed by atoms with Gasteiger partial charge in [-0.25, -0.2) is 9.69 Å². The quantitative estimate of drug-likeness (QED) is 0.835. The van der Waals surface area contributed by atoms with E-state index in [1.165, 1.54) is 0 Å². The zero-order chi connectivity index (χ0) is 16.2. The third-order valence-corrected chi connectivity index (χ3v) is 3.04. The van der Waals surface area contributed by atoms with Crippen molar-refractivity contribution in [2.45, 2.75) is 18.6 Å². The van der Waals surface area contributed by atoms with Crippen LogP contribution in [0.2, 0.25) is 0 Å². The summed E-state index contributed by atoms with van der Waals surface area (Å²) in [6, 6.07) is 8.55. The van der Waals surface area contributed by atoms with Crippen LogP contribution in [0.15, 0.2) is 30.3 Å². The molecule has 1 aromatic rings. The highest BCUT2D eigenvalue weighted by Crippen LogP contribution is 2.18. The highest BCUT2D eigenvalue weighted by molar-refractivity contribution is 5.94. The average Bonchev–Trinajstić information content (AvgIpc) is 2.79. The van der Waals surface area contributed by atoms with Crippen LogP contribution < -0.4 is 0 Å². The van der Waals surface area contributed by atoms with Crippen LogP contribution in [-0.2, 0) is 20.7 Å². The van der Waals surface area contributed by atoms with Gasteiger partial charge in [0, 0.05) is 0 Å². The summed E-state index contributed by atoms with van der Waals surface area (Å²) in [5.41, 5.74) is 0.889. The zero-order valence-corrected chi connectivity index (χ0v) is 11.5. The van der Waals surface area contributed by atoms with Crippen molar-refractivity contribution in [3.05, 3.63) is 35.9 Å². The predicted octanol–water partition coefficient (Wildman–Crippen LogP) is 2.16. The second-order valence-corrected chi connectivity index (χ2v) is 4.79. The molecular weight excluding hydrogens is 303 g/mol. The van der Waals surface area contributed by atoms with Crippen molar-refractivity contribution in [1.82, 2.24) is 4.90 Å². The van der Waals surface area contributed by atoms with Gasteiger partial charge in [0.1, 0.15) is 19.8 Å². The van der Waals surface area contributed by atoms with Gasteiger partial charge in [0.25, 0.3) is 5.91 Å². The monoisotopic (exact) mass is 317 g/mol. The van der Waals surface area contributed by atoms with Gasteiger partial charge in [-0.15, -0.1) is 0 Å². The molecule has 1 aliphatic rings. The number of carbonyl (C=O) groups excluding carboxylic acids is 2. The van der Waals surface area contributed by atoms with Crippen LogP contribution in [0.1, 0.15) is 5.56 Å². The smallest absolute Gasteiger partial charge is 0.417 e. The molecule has 1 saturated heterocycles. The van der Waals surface area contributed by atoms with Crippen LogP contribution in [0.5, 0.6) is 0 Å². The SMILES string of the molecule is O=C(COCC(F)(F)F)N1C(=O)OC[C@@H]1Cc1ccccc1. The van der Waals surface area contributed by atoms with E-state index < -0.39 is 37.4 Å². The van der Waals surface area contributed by atoms with E-state index in [0.29, 0.717) is 6.42 Å². The van der Waals surface area contributed by atoms with Crippen molar-refractivity contribution in [3.8, 4) is 0 Å². The predicted molar refractivity (Wildman–Crippen MR) is 69.0 cm³/mol. The molecule has 5 nitrogen and oxygen atoms in total. The fourth-order valence-electron chi connectivity index (χ4n) is 2.13. The molecule has 1 aliphatic heterocycles. The minimum atomic E-state index is -4.52. The number of rotatable bonds is 5. The Labute approximate surface area is 124 Å². The minimum Gasteiger partial charge on any atom is -0.447 e. The maximum atomic E-state index is 12.0. The molecule has 1 heterocycles. The van der Waals surface area contributed by atoms with E-state index in [9.17, 15) is 22.8 Å². The van der Waals surface area contributed by atoms with Gasteiger partial charge in [0.2, 0.25) is 0 Å². The second kappa shape index (κ2) is 6.78. The molecule has 1 fully saturated rings. The fourth-order valence-corrected chi connectivity index (χ4v) is 2.13. The topological polar surface area (TPSA) is 55.8 Å². The lowest BCUT2D eigenvalue weighted by atomic mass is 10.1. The summed E-state index contributed by atoms with van der Waals surface area (Å²) in [6.07, 6.45) is -5.01. The van der Waals surface area contributed by atoms with Crippen molar-refractivity contribution < 1.29 is 32.2 Å². The third kappa shape index (κ3) is 4.45. The van der Waals surface area contributed by atoms with Crippen molar-refractivity contribution in [2.24, 2.45) is 0 Å². The van der Waals surface area contributed by atoms with E-state index in [2.05, 4.69) is 4.74 Å². The summed E-state index contributed by atoms with van der Waals surface area (Å²) in [7, 11) is 0. The van der Waals surface area contributed by atoms with E-state index >= 15 is 0 Å². The van der Waals surface area contributed by atoms with Crippen LogP contribution in [0, 0.1) is 0 Å². The molecule has 0 unspecified atom stereocenters. The number of hydrogen-bond acceptors (Lipinski definition) is 4. The fraction of sp³-hybridized carbons (Fsp3) is 0.429. The van der Waals surface area contributed by atoms with Gasteiger partial charge in [-0.3, -0.25) is 4.79 Å². The van der Waals surface area contributed by atoms with Crippen LogP contribution in [0.25, 0.3) is 0 Å². The molecule has 0 N–H and O–H groups in total. The van der Waals surface area contributed by atoms with Crippen molar-refractivity contribution in [2.75, 3.05) is 19.8 Å². The number of carbonyl (C=O) groups is 2. The number of imide groups is 1. The molecule has 1 aromatic carbocycles. The first-order valence-corrected chi connectivity index (χ1v) is 6.54. The van der Waals surface area contributed by atoms with Crippen LogP contribution in [0.3, 0.4) is 0 Å². The molecular formula is C14H14F3NO4. The van der Waals surface area contributed by atoms with E-state index in [1.807, 2.05) is 30.3 Å². The van der Waals surface area contributed by atoms with Gasteiger partial charge in [-0.2, -0.15) is 13.2 Å². The lowest BCUT2D eigenvalue weighted by molar-refractivity contribution is -0.177. The Morgan fingerprint density at radius 3 is 2.64 bits per heavy atom. The van der Waals surface area contributed by atoms with E-state index in [-0.39, 0.29) is 6.61 Å². The summed E-state index contributed by atoms with van der Waals surface area (Å²) < 4.78 is 45.1. The van der Waals surface area contributed by atoms with Gasteiger partial charge < -0.3 is 9.47 Å². The molecule has 22 heavy (non-hydrogen) atoms. The summed E-state index contributed by atoms with van der Waals surface area (Å²) in [5, 5.41) is 0. The van der Waals surface area contributed by atoms with Gasteiger partial charge in [-0.1, -0.05) is 30.3 Å². The molecule has 0 aliphatic carbocycles. The number of halogens is 3. The van der Waals surface area contributed by atoms with Gasteiger partial charge >= 0.3 is 12.3 Å². The number of ether oxygens (including phenoxy) is 2. The molecule has 0 saturated carbocycles. The van der Waals surface area contributed by atoms with Gasteiger partial charge in [-0.05, 0) is 12.0 Å². The van der Waals surface area contributed by atoms with Crippen LogP contribution >= 0.6 is 0 Å². The summed E-state index contributed by atoms with van der Waals surface area (Å²) in [5.74, 6) is -0.840. The zero-order valence-electron chi connectivity index (χ0n) is 11.5. The second-order valence-electron chi connectivity index (χ2n) is 4.79. The highest BCUT2D eigenvalue weighted by Gasteiger charge is 2.38. The lowest BCUT2D eigenvalue weighted by Crippen LogP contribution is -2.42. The third-order valence-electron chi connectivity index (χ3n) is 3.04. The highest BCUT2D eigenvalue weighted by atomic mass is 19.4. The van der Waals surface area contributed by atoms with E-state index in [1.54, 1.807) is 0 Å². The van der Waals surface area contributed by atoms with Gasteiger partial charge in [0.05, 0.1) is 6.04 Å². The van der Waals surface area contributed by atoms with Crippen molar-refractivity contribution in [1.29, 1.82) is 0 Å². The van der Waals surface area contributed by atoms with Crippen LogP contribution in [0.4, 0.5) is 18.0 Å². The van der Waals surface area contributed by atoms with Crippen LogP contribution in [-0.4, -0.2) is 48.9 Å². The number of nitrogens with zero attached hydrogens (tertiary/aromatic N) is 1. The first-order valence-electron chi connectivity index (χ1n) is 6.54. The molecule has 0 radical (unpaired) electrons. The van der Waals surface area contributed by atoms with E-state index in [0.717, 1.165) is 10.5 Å². The molecule has 0 aromatic heterocycles. The normalized spacial score (nSPS) is 18.4. The molecule has 120 valence electrons. The largest absolute Gasteiger partial charge is 0.447 e. The number of amides is 2. The first kappa shape index (κ1) is 16.3. The standard InChI is InChI=1S/C14H14F3NO4/c15-14(16,17)9-21-8-12(19)18-11(7-22-13(18)20)6-10-4-2-1-3-5-10/h1-5,11H,6-9H2/t11-/m0/s1. The Bertz CT molecular complexity index is 533. The summed E-state index contributed by atoms with van der Waals surface area (Å²) >= 11 is 0. The van der Waals surface area contributed by atoms with Crippen molar-refractivity contribution >= 4 is 12.0 Å². The maximum absolute atomic E-state index is 12.0. The van der Waals surface area contributed by atoms with Gasteiger partial charge in [0.15, 0.2) is 0 Å². The molecule has 1 atom stereocenters. The summed E-state index contributed by atoms with van der Waals surface area (Å²) in [4.78, 5) is 24.3. The minimum absolute atomic E-state index is 0.0126.